The molecule has 32 heavy (non-hydrogen) atoms. The Morgan fingerprint density at radius 1 is 1.09 bits per heavy atom. The first-order valence-electron chi connectivity index (χ1n) is 10.3. The van der Waals surface area contributed by atoms with E-state index in [1.807, 2.05) is 30.5 Å². The highest BCUT2D eigenvalue weighted by atomic mass is 32.2. The summed E-state index contributed by atoms with van der Waals surface area (Å²) in [6.07, 6.45) is 4.78. The molecular weight excluding hydrogens is 424 g/mol. The van der Waals surface area contributed by atoms with Gasteiger partial charge in [-0.1, -0.05) is 37.8 Å². The first-order valence-corrected chi connectivity index (χ1v) is 11.7. The molecular formula is C24H26N4O3S. The number of rotatable bonds is 6. The van der Waals surface area contributed by atoms with E-state index in [9.17, 15) is 13.2 Å². The molecule has 0 saturated heterocycles. The molecule has 0 unspecified atom stereocenters. The zero-order valence-electron chi connectivity index (χ0n) is 16.8. The molecule has 1 aliphatic carbocycles. The van der Waals surface area contributed by atoms with Crippen LogP contribution in [0.4, 0.5) is 0 Å². The van der Waals surface area contributed by atoms with Gasteiger partial charge in [0.25, 0.3) is 10.0 Å². The fraction of sp³-hybridized carbons (Fsp3) is 0.292. The maximum atomic E-state index is 12.8. The summed E-state index contributed by atoms with van der Waals surface area (Å²) in [5.41, 5.74) is 2.00. The van der Waals surface area contributed by atoms with Crippen LogP contribution in [-0.4, -0.2) is 38.2 Å². The third-order valence-electron chi connectivity index (χ3n) is 5.81. The van der Waals surface area contributed by atoms with Crippen LogP contribution < -0.4 is 10.0 Å². The summed E-state index contributed by atoms with van der Waals surface area (Å²) in [5.74, 6) is 0.650. The van der Waals surface area contributed by atoms with Crippen molar-refractivity contribution >= 4 is 32.5 Å². The minimum atomic E-state index is -3.67. The molecule has 2 aliphatic rings. The van der Waals surface area contributed by atoms with E-state index >= 15 is 0 Å². The van der Waals surface area contributed by atoms with Crippen LogP contribution in [0, 0.1) is 5.92 Å². The Morgan fingerprint density at radius 3 is 2.66 bits per heavy atom. The quantitative estimate of drug-likeness (QED) is 0.601. The highest BCUT2D eigenvalue weighted by Gasteiger charge is 2.43. The van der Waals surface area contributed by atoms with Crippen molar-refractivity contribution in [2.75, 3.05) is 13.1 Å². The molecule has 0 bridgehead atoms. The van der Waals surface area contributed by atoms with Gasteiger partial charge in [0.15, 0.2) is 0 Å². The van der Waals surface area contributed by atoms with E-state index in [4.69, 9.17) is 0 Å². The summed E-state index contributed by atoms with van der Waals surface area (Å²) in [4.78, 5) is 21.1. The predicted octanol–water partition coefficient (Wildman–Crippen LogP) is 3.02. The number of nitrogens with zero attached hydrogens (tertiary/aromatic N) is 2. The molecule has 1 fully saturated rings. The van der Waals surface area contributed by atoms with Crippen molar-refractivity contribution in [1.82, 2.24) is 15.0 Å². The number of benzene rings is 2. The second kappa shape index (κ2) is 8.70. The summed E-state index contributed by atoms with van der Waals surface area (Å²) >= 11 is 0. The molecule has 166 valence electrons. The lowest BCUT2D eigenvalue weighted by Gasteiger charge is -2.09. The zero-order valence-corrected chi connectivity index (χ0v) is 17.6. The second-order valence-electron chi connectivity index (χ2n) is 7.98. The van der Waals surface area contributed by atoms with E-state index in [0.717, 1.165) is 28.3 Å². The number of Topliss-reactive ketones (excluding diaryl/α,β-unsaturated/α-hetero) is 1. The first kappa shape index (κ1) is 22.0. The van der Waals surface area contributed by atoms with Crippen LogP contribution in [0.25, 0.3) is 10.8 Å². The minimum Gasteiger partial charge on any atom is -0.354 e. The fourth-order valence-electron chi connectivity index (χ4n) is 4.04. The molecule has 1 aromatic heterocycles. The number of nitrogens with one attached hydrogen (secondary N) is 2. The minimum absolute atomic E-state index is 0. The van der Waals surface area contributed by atoms with Gasteiger partial charge < -0.3 is 5.32 Å². The molecule has 0 amide bonds. The number of guanidine groups is 1. The topological polar surface area (TPSA) is 101 Å². The number of hydrogen-bond donors (Lipinski definition) is 2. The summed E-state index contributed by atoms with van der Waals surface area (Å²) in [6, 6.07) is 14.8. The van der Waals surface area contributed by atoms with E-state index in [2.05, 4.69) is 20.0 Å². The SMILES string of the molecule is C.O=C(Cc1ccc2cnccc2c1)[C@@H]1C[C@H]1c1ccc(S(=O)(=O)NC2=NCCN2)cc1. The van der Waals surface area contributed by atoms with Crippen LogP contribution in [0.5, 0.6) is 0 Å². The molecule has 3 aromatic rings. The van der Waals surface area contributed by atoms with E-state index in [1.54, 1.807) is 30.5 Å². The Hall–Kier alpha value is -3.26. The lowest BCUT2D eigenvalue weighted by Crippen LogP contribution is -2.38. The van der Waals surface area contributed by atoms with Crippen molar-refractivity contribution in [3.05, 3.63) is 72.1 Å². The van der Waals surface area contributed by atoms with Crippen LogP contribution >= 0.6 is 0 Å². The Morgan fingerprint density at radius 2 is 1.91 bits per heavy atom. The summed E-state index contributed by atoms with van der Waals surface area (Å²) in [5, 5.41) is 5.03. The van der Waals surface area contributed by atoms with Gasteiger partial charge in [-0.05, 0) is 47.1 Å². The first-order chi connectivity index (χ1) is 15.0. The molecule has 8 heteroatoms. The molecule has 0 spiro atoms. The Balaban J connectivity index is 0.00000245. The molecule has 7 nitrogen and oxygen atoms in total. The van der Waals surface area contributed by atoms with Crippen molar-refractivity contribution in [3.8, 4) is 0 Å². The molecule has 0 radical (unpaired) electrons. The number of carbonyl (C=O) groups is 1. The Bertz CT molecular complexity index is 1290. The number of pyridine rings is 1. The van der Waals surface area contributed by atoms with Crippen LogP contribution in [-0.2, 0) is 21.2 Å². The van der Waals surface area contributed by atoms with Crippen LogP contribution in [0.15, 0.2) is 70.8 Å². The van der Waals surface area contributed by atoms with Crippen LogP contribution in [0.1, 0.15) is 30.9 Å². The van der Waals surface area contributed by atoms with E-state index in [1.165, 1.54) is 0 Å². The highest BCUT2D eigenvalue weighted by Crippen LogP contribution is 2.48. The predicted molar refractivity (Wildman–Crippen MR) is 125 cm³/mol. The van der Waals surface area contributed by atoms with Gasteiger partial charge >= 0.3 is 0 Å². The number of carbonyl (C=O) groups excluding carboxylic acids is 1. The number of ketones is 1. The summed E-state index contributed by atoms with van der Waals surface area (Å²) < 4.78 is 27.4. The highest BCUT2D eigenvalue weighted by molar-refractivity contribution is 7.90. The number of sulfonamides is 1. The van der Waals surface area contributed by atoms with Crippen molar-refractivity contribution in [3.63, 3.8) is 0 Å². The monoisotopic (exact) mass is 450 g/mol. The normalized spacial score (nSPS) is 19.6. The fourth-order valence-corrected chi connectivity index (χ4v) is 5.04. The number of fused-ring (bicyclic) bond motifs is 1. The summed E-state index contributed by atoms with van der Waals surface area (Å²) in [6.45, 7) is 1.19. The molecule has 2 aromatic carbocycles. The van der Waals surface area contributed by atoms with Crippen molar-refractivity contribution in [2.45, 2.75) is 31.1 Å². The van der Waals surface area contributed by atoms with Crippen molar-refractivity contribution in [1.29, 1.82) is 0 Å². The molecule has 5 rings (SSSR count). The average molecular weight is 451 g/mol. The van der Waals surface area contributed by atoms with E-state index < -0.39 is 10.0 Å². The Labute approximate surface area is 188 Å². The largest absolute Gasteiger partial charge is 0.354 e. The molecule has 1 aliphatic heterocycles. The smallest absolute Gasteiger partial charge is 0.264 e. The van der Waals surface area contributed by atoms with Gasteiger partial charge in [-0.2, -0.15) is 0 Å². The summed E-state index contributed by atoms with van der Waals surface area (Å²) in [7, 11) is -3.67. The molecule has 2 atom stereocenters. The standard InChI is InChI=1S/C23H22N4O3S.CH4/c28-22(12-15-1-2-18-14-24-8-7-17(18)11-15)21-13-20(21)16-3-5-19(6-4-16)31(29,30)27-23-25-9-10-26-23;/h1-8,11,14,20-21H,9-10,12-13H2,(H2,25,26,27);1H4/t20-,21+;/m0./s1. The van der Waals surface area contributed by atoms with E-state index in [0.29, 0.717) is 19.5 Å². The van der Waals surface area contributed by atoms with Gasteiger partial charge in [-0.3, -0.25) is 14.8 Å². The third-order valence-corrected chi connectivity index (χ3v) is 7.17. The maximum absolute atomic E-state index is 12.8. The molecule has 2 heterocycles. The van der Waals surface area contributed by atoms with Gasteiger partial charge in [0.1, 0.15) is 5.78 Å². The van der Waals surface area contributed by atoms with Gasteiger partial charge in [-0.15, -0.1) is 0 Å². The van der Waals surface area contributed by atoms with Crippen LogP contribution in [0.2, 0.25) is 0 Å². The van der Waals surface area contributed by atoms with Gasteiger partial charge in [0, 0.05) is 36.7 Å². The molecule has 2 N–H and O–H groups in total. The van der Waals surface area contributed by atoms with Gasteiger partial charge in [-0.25, -0.2) is 13.1 Å². The van der Waals surface area contributed by atoms with E-state index in [-0.39, 0.29) is 35.9 Å². The lowest BCUT2D eigenvalue weighted by molar-refractivity contribution is -0.119. The lowest BCUT2D eigenvalue weighted by atomic mass is 10.0. The second-order valence-corrected chi connectivity index (χ2v) is 9.66. The zero-order chi connectivity index (χ0) is 21.4. The van der Waals surface area contributed by atoms with Gasteiger partial charge in [0.2, 0.25) is 5.96 Å². The Kier molecular flexibility index (Phi) is 5.97. The van der Waals surface area contributed by atoms with Crippen molar-refractivity contribution in [2.24, 2.45) is 10.9 Å². The number of aliphatic imine (C=N–C) groups is 1. The van der Waals surface area contributed by atoms with Gasteiger partial charge in [0.05, 0.1) is 11.4 Å². The van der Waals surface area contributed by atoms with Crippen LogP contribution in [0.3, 0.4) is 0 Å². The maximum Gasteiger partial charge on any atom is 0.264 e. The average Bonchev–Trinajstić information content (AvgIpc) is 3.43. The number of aromatic nitrogens is 1. The third kappa shape index (κ3) is 4.50. The molecule has 1 saturated carbocycles. The van der Waals surface area contributed by atoms with Crippen molar-refractivity contribution < 1.29 is 13.2 Å². The number of hydrogen-bond acceptors (Lipinski definition) is 6.